The summed E-state index contributed by atoms with van der Waals surface area (Å²) in [5.41, 5.74) is -0.246. The van der Waals surface area contributed by atoms with Gasteiger partial charge in [-0.2, -0.15) is 0 Å². The van der Waals surface area contributed by atoms with Gasteiger partial charge in [-0.25, -0.2) is 0 Å². The fourth-order valence-corrected chi connectivity index (χ4v) is 2.28. The molecule has 0 bridgehead atoms. The first-order valence-corrected chi connectivity index (χ1v) is 7.36. The van der Waals surface area contributed by atoms with Gasteiger partial charge in [-0.05, 0) is 30.3 Å². The summed E-state index contributed by atoms with van der Waals surface area (Å²) >= 11 is 11.7. The van der Waals surface area contributed by atoms with E-state index in [1.807, 2.05) is 0 Å². The third kappa shape index (κ3) is 4.50. The molecule has 0 unspecified atom stereocenters. The summed E-state index contributed by atoms with van der Waals surface area (Å²) in [7, 11) is 1.39. The van der Waals surface area contributed by atoms with Gasteiger partial charge in [0, 0.05) is 5.02 Å². The Balaban J connectivity index is 2.05. The summed E-state index contributed by atoms with van der Waals surface area (Å²) in [4.78, 5) is 22.4. The molecule has 9 heteroatoms. The van der Waals surface area contributed by atoms with Crippen LogP contribution in [0.25, 0.3) is 0 Å². The van der Waals surface area contributed by atoms with Gasteiger partial charge in [0.25, 0.3) is 11.6 Å². The molecule has 0 aliphatic heterocycles. The Morgan fingerprint density at radius 1 is 1.25 bits per heavy atom. The highest BCUT2D eigenvalue weighted by atomic mass is 35.5. The van der Waals surface area contributed by atoms with Crippen molar-refractivity contribution >= 4 is 40.5 Å². The maximum absolute atomic E-state index is 11.9. The normalized spacial score (nSPS) is 10.1. The highest BCUT2D eigenvalue weighted by molar-refractivity contribution is 6.35. The zero-order chi connectivity index (χ0) is 17.7. The van der Waals surface area contributed by atoms with E-state index in [0.717, 1.165) is 0 Å². The molecule has 0 aromatic heterocycles. The van der Waals surface area contributed by atoms with Gasteiger partial charge < -0.3 is 14.8 Å². The number of nitrogens with zero attached hydrogens (tertiary/aromatic N) is 1. The van der Waals surface area contributed by atoms with Crippen molar-refractivity contribution in [2.24, 2.45) is 0 Å². The van der Waals surface area contributed by atoms with Gasteiger partial charge in [-0.3, -0.25) is 14.9 Å². The van der Waals surface area contributed by atoms with E-state index in [4.69, 9.17) is 32.7 Å². The lowest BCUT2D eigenvalue weighted by atomic mass is 10.2. The van der Waals surface area contributed by atoms with Gasteiger partial charge >= 0.3 is 0 Å². The first-order chi connectivity index (χ1) is 11.4. The first-order valence-electron chi connectivity index (χ1n) is 6.61. The zero-order valence-electron chi connectivity index (χ0n) is 12.4. The summed E-state index contributed by atoms with van der Waals surface area (Å²) in [5.74, 6) is 0.0126. The number of nitro benzene ring substituents is 1. The lowest BCUT2D eigenvalue weighted by Gasteiger charge is -2.10. The average Bonchev–Trinajstić information content (AvgIpc) is 2.54. The van der Waals surface area contributed by atoms with Crippen molar-refractivity contribution in [3.63, 3.8) is 0 Å². The minimum absolute atomic E-state index is 0.0385. The number of hydrogen-bond acceptors (Lipinski definition) is 5. The molecule has 2 aromatic carbocycles. The number of carbonyl (C=O) groups is 1. The lowest BCUT2D eigenvalue weighted by molar-refractivity contribution is -0.384. The van der Waals surface area contributed by atoms with E-state index < -0.39 is 10.8 Å². The molecule has 1 amide bonds. The number of carbonyl (C=O) groups excluding carboxylic acids is 1. The maximum atomic E-state index is 11.9. The Hall–Kier alpha value is -2.51. The molecular formula is C15H12Cl2N2O5. The van der Waals surface area contributed by atoms with E-state index in [1.165, 1.54) is 37.4 Å². The van der Waals surface area contributed by atoms with Crippen LogP contribution >= 0.6 is 23.2 Å². The molecule has 2 aromatic rings. The van der Waals surface area contributed by atoms with Gasteiger partial charge in [-0.1, -0.05) is 23.2 Å². The van der Waals surface area contributed by atoms with Crippen LogP contribution in [-0.4, -0.2) is 24.5 Å². The minimum Gasteiger partial charge on any atom is -0.496 e. The number of amides is 1. The Kier molecular flexibility index (Phi) is 5.83. The highest BCUT2D eigenvalue weighted by Crippen LogP contribution is 2.29. The number of nitrogens with one attached hydrogen (secondary N) is 1. The van der Waals surface area contributed by atoms with Crippen LogP contribution in [0.5, 0.6) is 11.5 Å². The van der Waals surface area contributed by atoms with Crippen LogP contribution in [0.15, 0.2) is 36.4 Å². The largest absolute Gasteiger partial charge is 0.496 e. The van der Waals surface area contributed by atoms with Crippen molar-refractivity contribution in [1.82, 2.24) is 0 Å². The Morgan fingerprint density at radius 3 is 2.62 bits per heavy atom. The fourth-order valence-electron chi connectivity index (χ4n) is 1.82. The van der Waals surface area contributed by atoms with Crippen molar-refractivity contribution in [2.45, 2.75) is 0 Å². The van der Waals surface area contributed by atoms with Crippen molar-refractivity contribution in [3.8, 4) is 11.5 Å². The van der Waals surface area contributed by atoms with Crippen molar-refractivity contribution < 1.29 is 19.2 Å². The minimum atomic E-state index is -0.616. The number of halogens is 2. The van der Waals surface area contributed by atoms with E-state index in [-0.39, 0.29) is 28.8 Å². The molecule has 1 N–H and O–H groups in total. The fraction of sp³-hybridized carbons (Fsp3) is 0.133. The van der Waals surface area contributed by atoms with Gasteiger partial charge in [0.05, 0.1) is 23.1 Å². The molecule has 2 rings (SSSR count). The second-order valence-corrected chi connectivity index (χ2v) is 5.40. The van der Waals surface area contributed by atoms with Gasteiger partial charge in [0.2, 0.25) is 0 Å². The number of benzene rings is 2. The first kappa shape index (κ1) is 17.8. The molecule has 0 radical (unpaired) electrons. The summed E-state index contributed by atoms with van der Waals surface area (Å²) in [6.45, 7) is -0.371. The molecule has 24 heavy (non-hydrogen) atoms. The lowest BCUT2D eigenvalue weighted by Crippen LogP contribution is -2.20. The highest BCUT2D eigenvalue weighted by Gasteiger charge is 2.17. The standard InChI is InChI=1S/C15H12Cl2N2O5/c1-23-10-3-4-12(13(7-10)19(21)22)18-15(20)8-24-14-5-2-9(16)6-11(14)17/h2-7H,8H2,1H3,(H,18,20). The Bertz CT molecular complexity index is 782. The number of ether oxygens (including phenoxy) is 2. The smallest absolute Gasteiger partial charge is 0.296 e. The topological polar surface area (TPSA) is 90.7 Å². The van der Waals surface area contributed by atoms with E-state index in [1.54, 1.807) is 6.07 Å². The molecule has 126 valence electrons. The number of nitro groups is 1. The van der Waals surface area contributed by atoms with Crippen LogP contribution in [-0.2, 0) is 4.79 Å². The summed E-state index contributed by atoms with van der Waals surface area (Å²) in [5, 5.41) is 14.2. The van der Waals surface area contributed by atoms with Crippen LogP contribution in [0.1, 0.15) is 0 Å². The molecular weight excluding hydrogens is 359 g/mol. The number of anilines is 1. The van der Waals surface area contributed by atoms with Crippen LogP contribution in [0.4, 0.5) is 11.4 Å². The molecule has 7 nitrogen and oxygen atoms in total. The molecule has 0 saturated heterocycles. The molecule has 0 atom stereocenters. The SMILES string of the molecule is COc1ccc(NC(=O)COc2ccc(Cl)cc2Cl)c([N+](=O)[O-])c1. The number of hydrogen-bond donors (Lipinski definition) is 1. The number of methoxy groups -OCH3 is 1. The van der Waals surface area contributed by atoms with Gasteiger partial charge in [0.15, 0.2) is 6.61 Å². The predicted molar refractivity (Wildman–Crippen MR) is 90.2 cm³/mol. The molecule has 0 aliphatic carbocycles. The zero-order valence-corrected chi connectivity index (χ0v) is 13.9. The second-order valence-electron chi connectivity index (χ2n) is 4.55. The van der Waals surface area contributed by atoms with Crippen molar-refractivity contribution in [1.29, 1.82) is 0 Å². The van der Waals surface area contributed by atoms with Crippen molar-refractivity contribution in [2.75, 3.05) is 19.0 Å². The quantitative estimate of drug-likeness (QED) is 0.614. The summed E-state index contributed by atoms with van der Waals surface area (Å²) < 4.78 is 10.2. The van der Waals surface area contributed by atoms with E-state index in [0.29, 0.717) is 10.8 Å². The summed E-state index contributed by atoms with van der Waals surface area (Å²) in [6, 6.07) is 8.66. The van der Waals surface area contributed by atoms with Crippen molar-refractivity contribution in [3.05, 3.63) is 56.6 Å². The third-order valence-corrected chi connectivity index (χ3v) is 3.46. The van der Waals surface area contributed by atoms with Crippen LogP contribution in [0.3, 0.4) is 0 Å². The Labute approximate surface area is 147 Å². The van der Waals surface area contributed by atoms with Crippen LogP contribution in [0, 0.1) is 10.1 Å². The average molecular weight is 371 g/mol. The summed E-state index contributed by atoms with van der Waals surface area (Å²) in [6.07, 6.45) is 0. The van der Waals surface area contributed by atoms with E-state index in [9.17, 15) is 14.9 Å². The molecule has 0 aliphatic rings. The van der Waals surface area contributed by atoms with Crippen LogP contribution in [0.2, 0.25) is 10.0 Å². The molecule has 0 heterocycles. The van der Waals surface area contributed by atoms with E-state index in [2.05, 4.69) is 5.32 Å². The Morgan fingerprint density at radius 2 is 2.00 bits per heavy atom. The second kappa shape index (κ2) is 7.85. The number of rotatable bonds is 6. The van der Waals surface area contributed by atoms with Gasteiger partial charge in [0.1, 0.15) is 17.2 Å². The maximum Gasteiger partial charge on any atom is 0.296 e. The van der Waals surface area contributed by atoms with Crippen LogP contribution < -0.4 is 14.8 Å². The molecule has 0 fully saturated rings. The molecule has 0 spiro atoms. The molecule has 0 saturated carbocycles. The monoisotopic (exact) mass is 370 g/mol. The third-order valence-electron chi connectivity index (χ3n) is 2.93. The predicted octanol–water partition coefficient (Wildman–Crippen LogP) is 3.93. The van der Waals surface area contributed by atoms with Gasteiger partial charge in [-0.15, -0.1) is 0 Å². The van der Waals surface area contributed by atoms with E-state index >= 15 is 0 Å².